The number of aliphatic imine (C=N–C) groups is 1. The molecule has 31 heavy (non-hydrogen) atoms. The molecule has 0 bridgehead atoms. The molecule has 1 aromatic carbocycles. The molecule has 10 heteroatoms. The highest BCUT2D eigenvalue weighted by Crippen LogP contribution is 2.45. The zero-order chi connectivity index (χ0) is 22.7. The van der Waals surface area contributed by atoms with Crippen LogP contribution in [0.5, 0.6) is 0 Å². The van der Waals surface area contributed by atoms with Crippen LogP contribution in [0.3, 0.4) is 0 Å². The second-order valence-electron chi connectivity index (χ2n) is 7.05. The number of nitrogens with zero attached hydrogens (tertiary/aromatic N) is 4. The van der Waals surface area contributed by atoms with Crippen molar-refractivity contribution in [3.05, 3.63) is 62.3 Å². The van der Waals surface area contributed by atoms with Gasteiger partial charge in [-0.25, -0.2) is 9.79 Å². The van der Waals surface area contributed by atoms with E-state index in [1.54, 1.807) is 37.9 Å². The van der Waals surface area contributed by atoms with Crippen molar-refractivity contribution >= 4 is 34.5 Å². The lowest BCUT2D eigenvalue weighted by Crippen LogP contribution is -2.38. The van der Waals surface area contributed by atoms with Gasteiger partial charge in [0.25, 0.3) is 5.69 Å². The highest BCUT2D eigenvalue weighted by atomic mass is 32.2. The van der Waals surface area contributed by atoms with Crippen molar-refractivity contribution in [2.75, 3.05) is 20.2 Å². The van der Waals surface area contributed by atoms with Crippen LogP contribution in [0.15, 0.2) is 51.6 Å². The molecule has 164 valence electrons. The van der Waals surface area contributed by atoms with E-state index in [1.165, 1.54) is 23.9 Å². The number of benzene rings is 1. The number of amidine groups is 1. The van der Waals surface area contributed by atoms with Crippen molar-refractivity contribution in [2.45, 2.75) is 33.2 Å². The molecule has 1 aromatic rings. The van der Waals surface area contributed by atoms with E-state index in [0.29, 0.717) is 34.2 Å². The lowest BCUT2D eigenvalue weighted by molar-refractivity contribution is -0.384. The third-order valence-electron chi connectivity index (χ3n) is 5.13. The van der Waals surface area contributed by atoms with Crippen molar-refractivity contribution < 1.29 is 19.2 Å². The summed E-state index contributed by atoms with van der Waals surface area (Å²) in [5.74, 6) is -0.607. The van der Waals surface area contributed by atoms with Gasteiger partial charge in [0.2, 0.25) is 5.91 Å². The molecule has 0 aliphatic carbocycles. The molecule has 0 N–H and O–H groups in total. The molecule has 0 fully saturated rings. The summed E-state index contributed by atoms with van der Waals surface area (Å²) < 4.78 is 5.27. The zero-order valence-corrected chi connectivity index (χ0v) is 18.6. The highest BCUT2D eigenvalue weighted by molar-refractivity contribution is 8.16. The number of allylic oxidation sites excluding steroid dienone is 1. The Morgan fingerprint density at radius 1 is 1.35 bits per heavy atom. The summed E-state index contributed by atoms with van der Waals surface area (Å²) in [5, 5.41) is 13.8. The van der Waals surface area contributed by atoms with Crippen LogP contribution in [0, 0.1) is 10.1 Å². The molecule has 1 amide bonds. The summed E-state index contributed by atoms with van der Waals surface area (Å²) in [6, 6.07) is 5.47. The van der Waals surface area contributed by atoms with Crippen LogP contribution in [0.25, 0.3) is 0 Å². The second kappa shape index (κ2) is 9.34. The lowest BCUT2D eigenvalue weighted by Gasteiger charge is -2.36. The van der Waals surface area contributed by atoms with Crippen LogP contribution in [-0.4, -0.2) is 52.0 Å². The maximum atomic E-state index is 12.9. The van der Waals surface area contributed by atoms with Crippen molar-refractivity contribution in [2.24, 2.45) is 4.99 Å². The summed E-state index contributed by atoms with van der Waals surface area (Å²) in [6.07, 6.45) is 0.122. The molecule has 9 nitrogen and oxygen atoms in total. The van der Waals surface area contributed by atoms with Crippen LogP contribution in [0.4, 0.5) is 5.69 Å². The van der Waals surface area contributed by atoms with E-state index in [4.69, 9.17) is 4.74 Å². The van der Waals surface area contributed by atoms with E-state index in [9.17, 15) is 19.7 Å². The first-order chi connectivity index (χ1) is 14.8. The molecule has 0 spiro atoms. The quantitative estimate of drug-likeness (QED) is 0.359. The fourth-order valence-electron chi connectivity index (χ4n) is 3.43. The van der Waals surface area contributed by atoms with Gasteiger partial charge in [-0.3, -0.25) is 14.9 Å². The summed E-state index contributed by atoms with van der Waals surface area (Å²) in [5.41, 5.74) is 1.94. The van der Waals surface area contributed by atoms with Gasteiger partial charge in [0.05, 0.1) is 35.3 Å². The van der Waals surface area contributed by atoms with Gasteiger partial charge >= 0.3 is 5.97 Å². The van der Waals surface area contributed by atoms with Crippen molar-refractivity contribution in [3.8, 4) is 0 Å². The van der Waals surface area contributed by atoms with Gasteiger partial charge < -0.3 is 14.5 Å². The Kier molecular flexibility index (Phi) is 6.79. The van der Waals surface area contributed by atoms with Crippen molar-refractivity contribution in [1.82, 2.24) is 9.80 Å². The number of nitro benzene ring substituents is 1. The molecule has 0 radical (unpaired) electrons. The predicted molar refractivity (Wildman–Crippen MR) is 118 cm³/mol. The maximum Gasteiger partial charge on any atom is 0.338 e. The Hall–Kier alpha value is -3.14. The minimum atomic E-state index is -0.688. The molecule has 2 aliphatic heterocycles. The van der Waals surface area contributed by atoms with Gasteiger partial charge in [-0.15, -0.1) is 0 Å². The number of non-ortho nitro benzene ring substituents is 1. The first-order valence-corrected chi connectivity index (χ1v) is 10.8. The second-order valence-corrected chi connectivity index (χ2v) is 7.89. The number of ether oxygens (including phenoxy) is 1. The summed E-state index contributed by atoms with van der Waals surface area (Å²) in [6.45, 7) is 6.08. The fourth-order valence-corrected chi connectivity index (χ4v) is 4.39. The summed E-state index contributed by atoms with van der Waals surface area (Å²) in [7, 11) is 1.72. The number of esters is 1. The van der Waals surface area contributed by atoms with Gasteiger partial charge in [0.1, 0.15) is 0 Å². The molecular formula is C21H24N4O5S. The number of hydrogen-bond donors (Lipinski definition) is 0. The van der Waals surface area contributed by atoms with Gasteiger partial charge in [0.15, 0.2) is 5.17 Å². The molecule has 0 saturated heterocycles. The number of nitro groups is 1. The summed E-state index contributed by atoms with van der Waals surface area (Å²) >= 11 is 1.36. The van der Waals surface area contributed by atoms with Gasteiger partial charge in [-0.1, -0.05) is 23.9 Å². The van der Waals surface area contributed by atoms with Gasteiger partial charge in [-0.05, 0) is 31.7 Å². The third-order valence-corrected chi connectivity index (χ3v) is 6.01. The predicted octanol–water partition coefficient (Wildman–Crippen LogP) is 3.60. The average molecular weight is 445 g/mol. The first-order valence-electron chi connectivity index (χ1n) is 9.88. The van der Waals surface area contributed by atoms with Crippen LogP contribution in [-0.2, 0) is 14.3 Å². The number of thioether (sulfide) groups is 1. The van der Waals surface area contributed by atoms with E-state index < -0.39 is 16.9 Å². The van der Waals surface area contributed by atoms with Crippen LogP contribution >= 0.6 is 11.8 Å². The minimum absolute atomic E-state index is 0.0719. The Balaban J connectivity index is 2.10. The monoisotopic (exact) mass is 444 g/mol. The van der Waals surface area contributed by atoms with E-state index in [-0.39, 0.29) is 24.6 Å². The van der Waals surface area contributed by atoms with E-state index in [0.717, 1.165) is 0 Å². The Labute approximate surface area is 184 Å². The zero-order valence-electron chi connectivity index (χ0n) is 17.8. The van der Waals surface area contributed by atoms with E-state index in [2.05, 4.69) is 4.99 Å². The number of amides is 1. The van der Waals surface area contributed by atoms with Crippen LogP contribution in [0.1, 0.15) is 38.8 Å². The lowest BCUT2D eigenvalue weighted by atomic mass is 9.93. The number of carbonyl (C=O) groups is 2. The van der Waals surface area contributed by atoms with E-state index >= 15 is 0 Å². The number of fused-ring (bicyclic) bond motifs is 1. The topological polar surface area (TPSA) is 105 Å². The molecule has 0 saturated carbocycles. The average Bonchev–Trinajstić information content (AvgIpc) is 3.14. The number of carbonyl (C=O) groups excluding carboxylic acids is 2. The molecule has 2 aliphatic rings. The van der Waals surface area contributed by atoms with Gasteiger partial charge in [0, 0.05) is 31.4 Å². The summed E-state index contributed by atoms with van der Waals surface area (Å²) in [4.78, 5) is 44.3. The third kappa shape index (κ3) is 4.48. The number of hydrogen-bond acceptors (Lipinski definition) is 8. The molecule has 3 rings (SSSR count). The molecule has 0 unspecified atom stereocenters. The standard InChI is InChI=1S/C21H24N4O5S/c1-5-23(4)17(26)11-16-12-31-21-22-13(3)18(20(27)30-6-2)19(24(16)21)14-8-7-9-15(10-14)25(28)29/h7-10,12,19H,5-6,11H2,1-4H3/t19-/m1/s1. The molecule has 1 atom stereocenters. The smallest absolute Gasteiger partial charge is 0.338 e. The van der Waals surface area contributed by atoms with Crippen LogP contribution in [0.2, 0.25) is 0 Å². The molecular weight excluding hydrogens is 420 g/mol. The van der Waals surface area contributed by atoms with Crippen molar-refractivity contribution in [1.29, 1.82) is 0 Å². The van der Waals surface area contributed by atoms with E-state index in [1.807, 2.05) is 17.2 Å². The molecule has 0 aromatic heterocycles. The normalized spacial score (nSPS) is 17.7. The van der Waals surface area contributed by atoms with Crippen LogP contribution < -0.4 is 0 Å². The largest absolute Gasteiger partial charge is 0.463 e. The van der Waals surface area contributed by atoms with Crippen molar-refractivity contribution in [3.63, 3.8) is 0 Å². The Morgan fingerprint density at radius 2 is 2.10 bits per heavy atom. The molecule has 2 heterocycles. The van der Waals surface area contributed by atoms with Gasteiger partial charge in [-0.2, -0.15) is 0 Å². The highest BCUT2D eigenvalue weighted by Gasteiger charge is 2.41. The fraction of sp³-hybridized carbons (Fsp3) is 0.381. The Morgan fingerprint density at radius 3 is 2.74 bits per heavy atom. The first kappa shape index (κ1) is 22.5. The SMILES string of the molecule is CCOC(=O)C1=C(C)N=C2SC=C(CC(=O)N(C)CC)N2[C@@H]1c1cccc([N+](=O)[O-])c1. The Bertz CT molecular complexity index is 1020. The maximum absolute atomic E-state index is 12.9. The number of rotatable bonds is 7. The minimum Gasteiger partial charge on any atom is -0.463 e.